The summed E-state index contributed by atoms with van der Waals surface area (Å²) in [7, 11) is 0. The lowest BCUT2D eigenvalue weighted by Gasteiger charge is -2.35. The van der Waals surface area contributed by atoms with Crippen molar-refractivity contribution < 1.29 is 40.7 Å². The van der Waals surface area contributed by atoms with Gasteiger partial charge in [-0.3, -0.25) is 4.79 Å². The SMILES string of the molecule is C[C@@H]1c2cnc(C(F)(F)F)n2CCN1C(=O)C[C@@H](Cc1cc(F)c(F)cc1F)OC(N)=O. The molecule has 0 unspecified atom stereocenters. The molecule has 13 heteroatoms. The average molecular weight is 464 g/mol. The van der Waals surface area contributed by atoms with Crippen molar-refractivity contribution in [1.82, 2.24) is 14.5 Å². The highest BCUT2D eigenvalue weighted by Crippen LogP contribution is 2.34. The van der Waals surface area contributed by atoms with Gasteiger partial charge in [-0.15, -0.1) is 0 Å². The third-order valence-corrected chi connectivity index (χ3v) is 5.14. The van der Waals surface area contributed by atoms with Crippen LogP contribution in [0.2, 0.25) is 0 Å². The Labute approximate surface area is 177 Å². The number of ether oxygens (including phenoxy) is 1. The topological polar surface area (TPSA) is 90.4 Å². The fraction of sp³-hybridized carbons (Fsp3) is 0.421. The van der Waals surface area contributed by atoms with Crippen molar-refractivity contribution in [1.29, 1.82) is 0 Å². The molecule has 0 aliphatic carbocycles. The molecule has 2 heterocycles. The number of primary amides is 1. The zero-order chi connectivity index (χ0) is 23.8. The molecule has 2 amide bonds. The largest absolute Gasteiger partial charge is 0.449 e. The number of carbonyl (C=O) groups is 2. The molecule has 0 bridgehead atoms. The first kappa shape index (κ1) is 23.4. The van der Waals surface area contributed by atoms with Crippen LogP contribution in [-0.4, -0.2) is 39.1 Å². The minimum absolute atomic E-state index is 0.0880. The third-order valence-electron chi connectivity index (χ3n) is 5.14. The number of halogens is 6. The van der Waals surface area contributed by atoms with Crippen LogP contribution in [-0.2, 0) is 28.7 Å². The molecular formula is C19H18F6N4O3. The van der Waals surface area contributed by atoms with Gasteiger partial charge < -0.3 is 19.9 Å². The number of hydrogen-bond acceptors (Lipinski definition) is 4. The van der Waals surface area contributed by atoms with Crippen molar-refractivity contribution in [2.45, 2.75) is 44.6 Å². The maximum Gasteiger partial charge on any atom is 0.449 e. The number of aromatic nitrogens is 2. The summed E-state index contributed by atoms with van der Waals surface area (Å²) in [4.78, 5) is 28.7. The summed E-state index contributed by atoms with van der Waals surface area (Å²) in [6.07, 6.45) is -7.20. The molecule has 1 aromatic heterocycles. The van der Waals surface area contributed by atoms with Crippen LogP contribution in [0, 0.1) is 17.5 Å². The van der Waals surface area contributed by atoms with E-state index in [2.05, 4.69) is 4.98 Å². The van der Waals surface area contributed by atoms with E-state index in [1.807, 2.05) is 0 Å². The second-order valence-electron chi connectivity index (χ2n) is 7.24. The Morgan fingerprint density at radius 1 is 1.19 bits per heavy atom. The number of amides is 2. The van der Waals surface area contributed by atoms with E-state index < -0.39 is 66.4 Å². The fourth-order valence-corrected chi connectivity index (χ4v) is 3.68. The maximum atomic E-state index is 14.0. The van der Waals surface area contributed by atoms with Gasteiger partial charge in [-0.25, -0.2) is 22.9 Å². The number of imidazole rings is 1. The van der Waals surface area contributed by atoms with Gasteiger partial charge in [-0.1, -0.05) is 0 Å². The van der Waals surface area contributed by atoms with Crippen LogP contribution in [0.25, 0.3) is 0 Å². The number of benzene rings is 1. The molecule has 0 saturated carbocycles. The second kappa shape index (κ2) is 8.71. The van der Waals surface area contributed by atoms with Crippen LogP contribution < -0.4 is 5.73 Å². The average Bonchev–Trinajstić information content (AvgIpc) is 3.11. The Kier molecular flexibility index (Phi) is 6.37. The third kappa shape index (κ3) is 4.81. The van der Waals surface area contributed by atoms with Gasteiger partial charge >= 0.3 is 12.3 Å². The molecule has 1 aliphatic heterocycles. The monoisotopic (exact) mass is 464 g/mol. The van der Waals surface area contributed by atoms with Crippen molar-refractivity contribution in [3.63, 3.8) is 0 Å². The Hall–Kier alpha value is -3.25. The van der Waals surface area contributed by atoms with Crippen molar-refractivity contribution in [3.8, 4) is 0 Å². The zero-order valence-corrected chi connectivity index (χ0v) is 16.6. The number of nitrogens with zero attached hydrogens (tertiary/aromatic N) is 3. The van der Waals surface area contributed by atoms with Crippen molar-refractivity contribution >= 4 is 12.0 Å². The Morgan fingerprint density at radius 2 is 1.84 bits per heavy atom. The molecule has 3 rings (SSSR count). The van der Waals surface area contributed by atoms with Crippen LogP contribution in [0.4, 0.5) is 31.1 Å². The zero-order valence-electron chi connectivity index (χ0n) is 16.6. The molecule has 32 heavy (non-hydrogen) atoms. The number of carbonyl (C=O) groups excluding carboxylic acids is 2. The molecule has 0 fully saturated rings. The predicted molar refractivity (Wildman–Crippen MR) is 96.5 cm³/mol. The molecular weight excluding hydrogens is 446 g/mol. The van der Waals surface area contributed by atoms with Gasteiger partial charge in [0.1, 0.15) is 11.9 Å². The van der Waals surface area contributed by atoms with Gasteiger partial charge in [0.15, 0.2) is 11.6 Å². The Bertz CT molecular complexity index is 1040. The number of hydrogen-bond donors (Lipinski definition) is 1. The quantitative estimate of drug-likeness (QED) is 0.543. The summed E-state index contributed by atoms with van der Waals surface area (Å²) < 4.78 is 85.6. The van der Waals surface area contributed by atoms with E-state index >= 15 is 0 Å². The number of alkyl halides is 3. The molecule has 7 nitrogen and oxygen atoms in total. The Balaban J connectivity index is 1.78. The van der Waals surface area contributed by atoms with E-state index in [1.165, 1.54) is 11.8 Å². The van der Waals surface area contributed by atoms with Crippen LogP contribution in [0.5, 0.6) is 0 Å². The smallest absolute Gasteiger partial charge is 0.445 e. The number of fused-ring (bicyclic) bond motifs is 1. The highest BCUT2D eigenvalue weighted by Gasteiger charge is 2.40. The van der Waals surface area contributed by atoms with Crippen LogP contribution in [0.15, 0.2) is 18.3 Å². The van der Waals surface area contributed by atoms with E-state index in [0.29, 0.717) is 12.1 Å². The van der Waals surface area contributed by atoms with Crippen LogP contribution >= 0.6 is 0 Å². The highest BCUT2D eigenvalue weighted by molar-refractivity contribution is 5.78. The predicted octanol–water partition coefficient (Wildman–Crippen LogP) is 3.32. The first-order chi connectivity index (χ1) is 14.9. The first-order valence-corrected chi connectivity index (χ1v) is 9.40. The maximum absolute atomic E-state index is 14.0. The first-order valence-electron chi connectivity index (χ1n) is 9.40. The van der Waals surface area contributed by atoms with Crippen molar-refractivity contribution in [3.05, 3.63) is 52.9 Å². The number of nitrogens with two attached hydrogens (primary N) is 1. The standard InChI is InChI=1S/C19H18F6N4O3/c1-9-15-8-27-17(19(23,24)25)29(15)3-2-28(9)16(30)6-11(32-18(26)31)4-10-5-13(21)14(22)7-12(10)20/h5,7-9,11H,2-4,6H2,1H3,(H2,26,31)/t9-,11-/m1/s1. The summed E-state index contributed by atoms with van der Waals surface area (Å²) in [6.45, 7) is 1.25. The summed E-state index contributed by atoms with van der Waals surface area (Å²) in [6, 6.07) is 0.113. The second-order valence-corrected chi connectivity index (χ2v) is 7.24. The molecule has 0 radical (unpaired) electrons. The highest BCUT2D eigenvalue weighted by atomic mass is 19.4. The lowest BCUT2D eigenvalue weighted by atomic mass is 10.0. The Morgan fingerprint density at radius 3 is 2.47 bits per heavy atom. The van der Waals surface area contributed by atoms with Crippen molar-refractivity contribution in [2.75, 3.05) is 6.54 Å². The number of rotatable bonds is 5. The van der Waals surface area contributed by atoms with Gasteiger partial charge in [0.05, 0.1) is 24.4 Å². The van der Waals surface area contributed by atoms with E-state index in [1.54, 1.807) is 0 Å². The summed E-state index contributed by atoms with van der Waals surface area (Å²) in [5.41, 5.74) is 4.81. The molecule has 0 saturated heterocycles. The van der Waals surface area contributed by atoms with Gasteiger partial charge in [-0.2, -0.15) is 13.2 Å². The molecule has 2 atom stereocenters. The lowest BCUT2D eigenvalue weighted by molar-refractivity contribution is -0.148. The molecule has 1 aliphatic rings. The molecule has 1 aromatic carbocycles. The van der Waals surface area contributed by atoms with E-state index in [-0.39, 0.29) is 24.3 Å². The molecule has 2 aromatic rings. The van der Waals surface area contributed by atoms with Crippen molar-refractivity contribution in [2.24, 2.45) is 5.73 Å². The van der Waals surface area contributed by atoms with E-state index in [9.17, 15) is 35.9 Å². The van der Waals surface area contributed by atoms with E-state index in [0.717, 1.165) is 10.8 Å². The molecule has 174 valence electrons. The van der Waals surface area contributed by atoms with Gasteiger partial charge in [0, 0.05) is 25.6 Å². The minimum Gasteiger partial charge on any atom is -0.445 e. The van der Waals surface area contributed by atoms with Crippen LogP contribution in [0.3, 0.4) is 0 Å². The van der Waals surface area contributed by atoms with Gasteiger partial charge in [-0.05, 0) is 18.6 Å². The summed E-state index contributed by atoms with van der Waals surface area (Å²) in [5.74, 6) is -5.54. The van der Waals surface area contributed by atoms with E-state index in [4.69, 9.17) is 10.5 Å². The van der Waals surface area contributed by atoms with Gasteiger partial charge in [0.2, 0.25) is 11.7 Å². The van der Waals surface area contributed by atoms with Crippen LogP contribution in [0.1, 0.15) is 36.5 Å². The summed E-state index contributed by atoms with van der Waals surface area (Å²) in [5, 5.41) is 0. The fourth-order valence-electron chi connectivity index (χ4n) is 3.68. The normalized spacial score (nSPS) is 17.1. The molecule has 2 N–H and O–H groups in total. The molecule has 0 spiro atoms. The van der Waals surface area contributed by atoms with Gasteiger partial charge in [0.25, 0.3) is 0 Å². The summed E-state index contributed by atoms with van der Waals surface area (Å²) >= 11 is 0. The minimum atomic E-state index is -4.65. The lowest BCUT2D eigenvalue weighted by Crippen LogP contribution is -2.43.